The van der Waals surface area contributed by atoms with E-state index in [1.807, 2.05) is 29.2 Å². The molecule has 0 spiro atoms. The fraction of sp³-hybridized carbons (Fsp3) is 0.421. The van der Waals surface area contributed by atoms with Crippen LogP contribution in [0.2, 0.25) is 5.02 Å². The van der Waals surface area contributed by atoms with E-state index in [4.69, 9.17) is 11.6 Å². The molecule has 1 amide bonds. The van der Waals surface area contributed by atoms with E-state index in [2.05, 4.69) is 22.2 Å². The fourth-order valence-electron chi connectivity index (χ4n) is 3.28. The maximum absolute atomic E-state index is 13.0. The molecule has 1 saturated heterocycles. The molecule has 25 heavy (non-hydrogen) atoms. The highest BCUT2D eigenvalue weighted by atomic mass is 35.5. The number of rotatable bonds is 4. The first kappa shape index (κ1) is 17.7. The summed E-state index contributed by atoms with van der Waals surface area (Å²) in [5.74, 6) is 1.12. The molecule has 1 N–H and O–H groups in total. The predicted octanol–water partition coefficient (Wildman–Crippen LogP) is 4.59. The molecule has 6 heteroatoms. The molecule has 0 radical (unpaired) electrons. The molecule has 2 aromatic rings. The van der Waals surface area contributed by atoms with Gasteiger partial charge in [0.15, 0.2) is 0 Å². The number of carbonyl (C=O) groups excluding carboxylic acids is 1. The summed E-state index contributed by atoms with van der Waals surface area (Å²) in [5, 5.41) is 3.79. The van der Waals surface area contributed by atoms with Gasteiger partial charge in [0.25, 0.3) is 5.91 Å². The standard InChI is InChI=1S/C19H23ClN4O/c1-3-14-8-6-7-11-24(14)19(25)17-12-18(22-13(2)21-17)23-16-10-5-4-9-15(16)20/h4-5,9-10,12,14H,3,6-8,11H2,1-2H3,(H,21,22,23). The second-order valence-corrected chi connectivity index (χ2v) is 6.75. The van der Waals surface area contributed by atoms with E-state index in [9.17, 15) is 4.79 Å². The molecule has 3 rings (SSSR count). The molecule has 0 bridgehead atoms. The van der Waals surface area contributed by atoms with Crippen molar-refractivity contribution in [1.82, 2.24) is 14.9 Å². The van der Waals surface area contributed by atoms with Crippen molar-refractivity contribution < 1.29 is 4.79 Å². The van der Waals surface area contributed by atoms with Gasteiger partial charge in [0, 0.05) is 18.7 Å². The molecule has 1 unspecified atom stereocenters. The van der Waals surface area contributed by atoms with Gasteiger partial charge in [0.2, 0.25) is 0 Å². The Morgan fingerprint density at radius 2 is 2.12 bits per heavy atom. The number of aromatic nitrogens is 2. The first-order valence-corrected chi connectivity index (χ1v) is 9.14. The molecule has 1 atom stereocenters. The summed E-state index contributed by atoms with van der Waals surface area (Å²) in [4.78, 5) is 23.7. The normalized spacial score (nSPS) is 17.4. The number of piperidine rings is 1. The lowest BCUT2D eigenvalue weighted by Crippen LogP contribution is -2.43. The van der Waals surface area contributed by atoms with Crippen molar-refractivity contribution >= 4 is 29.0 Å². The Morgan fingerprint density at radius 3 is 2.88 bits per heavy atom. The molecule has 1 aliphatic rings. The number of amides is 1. The Kier molecular flexibility index (Phi) is 5.53. The largest absolute Gasteiger partial charge is 0.339 e. The molecule has 2 heterocycles. The van der Waals surface area contributed by atoms with Crippen molar-refractivity contribution in [2.75, 3.05) is 11.9 Å². The van der Waals surface area contributed by atoms with Gasteiger partial charge >= 0.3 is 0 Å². The molecule has 132 valence electrons. The van der Waals surface area contributed by atoms with Gasteiger partial charge in [-0.05, 0) is 44.7 Å². The van der Waals surface area contributed by atoms with Crippen LogP contribution in [0.15, 0.2) is 30.3 Å². The third kappa shape index (κ3) is 4.10. The van der Waals surface area contributed by atoms with Gasteiger partial charge in [0.05, 0.1) is 10.7 Å². The van der Waals surface area contributed by atoms with E-state index >= 15 is 0 Å². The summed E-state index contributed by atoms with van der Waals surface area (Å²) in [6, 6.07) is 9.46. The maximum atomic E-state index is 13.0. The minimum absolute atomic E-state index is 0.0146. The van der Waals surface area contributed by atoms with Gasteiger partial charge < -0.3 is 10.2 Å². The Labute approximate surface area is 153 Å². The topological polar surface area (TPSA) is 58.1 Å². The van der Waals surface area contributed by atoms with Crippen LogP contribution in [-0.4, -0.2) is 33.4 Å². The lowest BCUT2D eigenvalue weighted by molar-refractivity contribution is 0.0601. The summed E-state index contributed by atoms with van der Waals surface area (Å²) in [6.07, 6.45) is 4.28. The number of nitrogens with zero attached hydrogens (tertiary/aromatic N) is 3. The number of benzene rings is 1. The summed E-state index contributed by atoms with van der Waals surface area (Å²) in [5.41, 5.74) is 1.19. The van der Waals surface area contributed by atoms with E-state index in [1.165, 1.54) is 6.42 Å². The SMILES string of the molecule is CCC1CCCCN1C(=O)c1cc(Nc2ccccc2Cl)nc(C)n1. The van der Waals surface area contributed by atoms with Crippen molar-refractivity contribution in [3.05, 3.63) is 46.9 Å². The number of halogens is 1. The third-order valence-electron chi connectivity index (χ3n) is 4.55. The molecule has 5 nitrogen and oxygen atoms in total. The van der Waals surface area contributed by atoms with Gasteiger partial charge in [-0.3, -0.25) is 4.79 Å². The van der Waals surface area contributed by atoms with Crippen LogP contribution >= 0.6 is 11.6 Å². The number of para-hydroxylation sites is 1. The van der Waals surface area contributed by atoms with Gasteiger partial charge in [-0.25, -0.2) is 9.97 Å². The van der Waals surface area contributed by atoms with Crippen molar-refractivity contribution in [3.63, 3.8) is 0 Å². The Morgan fingerprint density at radius 1 is 1.32 bits per heavy atom. The van der Waals surface area contributed by atoms with Crippen LogP contribution in [0.4, 0.5) is 11.5 Å². The zero-order chi connectivity index (χ0) is 17.8. The van der Waals surface area contributed by atoms with Crippen molar-refractivity contribution in [1.29, 1.82) is 0 Å². The number of aryl methyl sites for hydroxylation is 1. The lowest BCUT2D eigenvalue weighted by atomic mass is 9.99. The lowest BCUT2D eigenvalue weighted by Gasteiger charge is -2.35. The maximum Gasteiger partial charge on any atom is 0.272 e. The van der Waals surface area contributed by atoms with Crippen LogP contribution < -0.4 is 5.32 Å². The van der Waals surface area contributed by atoms with Gasteiger partial charge in [-0.15, -0.1) is 0 Å². The number of hydrogen-bond acceptors (Lipinski definition) is 4. The molecular formula is C19H23ClN4O. The average Bonchev–Trinajstić information content (AvgIpc) is 2.62. The molecule has 1 aromatic carbocycles. The highest BCUT2D eigenvalue weighted by molar-refractivity contribution is 6.33. The molecule has 1 aliphatic heterocycles. The quantitative estimate of drug-likeness (QED) is 0.868. The van der Waals surface area contributed by atoms with Crippen molar-refractivity contribution in [2.24, 2.45) is 0 Å². The second kappa shape index (κ2) is 7.83. The number of carbonyl (C=O) groups is 1. The second-order valence-electron chi connectivity index (χ2n) is 6.35. The van der Waals surface area contributed by atoms with Crippen LogP contribution in [0.3, 0.4) is 0 Å². The number of anilines is 2. The zero-order valence-corrected chi connectivity index (χ0v) is 15.4. The van der Waals surface area contributed by atoms with Crippen LogP contribution in [0.1, 0.15) is 48.9 Å². The van der Waals surface area contributed by atoms with E-state index < -0.39 is 0 Å². The minimum Gasteiger partial charge on any atom is -0.339 e. The minimum atomic E-state index is -0.0146. The first-order chi connectivity index (χ1) is 12.1. The monoisotopic (exact) mass is 358 g/mol. The molecular weight excluding hydrogens is 336 g/mol. The van der Waals surface area contributed by atoms with Gasteiger partial charge in [-0.2, -0.15) is 0 Å². The number of hydrogen-bond donors (Lipinski definition) is 1. The Hall–Kier alpha value is -2.14. The first-order valence-electron chi connectivity index (χ1n) is 8.76. The molecule has 1 aromatic heterocycles. The van der Waals surface area contributed by atoms with Crippen molar-refractivity contribution in [2.45, 2.75) is 45.6 Å². The van der Waals surface area contributed by atoms with E-state index in [0.717, 1.165) is 31.5 Å². The van der Waals surface area contributed by atoms with Gasteiger partial charge in [0.1, 0.15) is 17.3 Å². The summed E-state index contributed by atoms with van der Waals surface area (Å²) < 4.78 is 0. The Balaban J connectivity index is 1.86. The fourth-order valence-corrected chi connectivity index (χ4v) is 3.46. The van der Waals surface area contributed by atoms with E-state index in [0.29, 0.717) is 28.4 Å². The zero-order valence-electron chi connectivity index (χ0n) is 14.6. The smallest absolute Gasteiger partial charge is 0.272 e. The van der Waals surface area contributed by atoms with Crippen molar-refractivity contribution in [3.8, 4) is 0 Å². The van der Waals surface area contributed by atoms with Crippen LogP contribution in [0.5, 0.6) is 0 Å². The third-order valence-corrected chi connectivity index (χ3v) is 4.88. The average molecular weight is 359 g/mol. The highest BCUT2D eigenvalue weighted by Gasteiger charge is 2.27. The highest BCUT2D eigenvalue weighted by Crippen LogP contribution is 2.25. The molecule has 1 fully saturated rings. The van der Waals surface area contributed by atoms with E-state index in [-0.39, 0.29) is 5.91 Å². The Bertz CT molecular complexity index is 765. The predicted molar refractivity (Wildman–Crippen MR) is 100 cm³/mol. The molecule has 0 saturated carbocycles. The van der Waals surface area contributed by atoms with Crippen LogP contribution in [-0.2, 0) is 0 Å². The summed E-state index contributed by atoms with van der Waals surface area (Å²) in [7, 11) is 0. The van der Waals surface area contributed by atoms with Crippen LogP contribution in [0.25, 0.3) is 0 Å². The summed E-state index contributed by atoms with van der Waals surface area (Å²) in [6.45, 7) is 4.72. The molecule has 0 aliphatic carbocycles. The van der Waals surface area contributed by atoms with Crippen LogP contribution in [0, 0.1) is 6.92 Å². The van der Waals surface area contributed by atoms with E-state index in [1.54, 1.807) is 13.0 Å². The number of likely N-dealkylation sites (tertiary alicyclic amines) is 1. The summed E-state index contributed by atoms with van der Waals surface area (Å²) >= 11 is 6.19. The number of nitrogens with one attached hydrogen (secondary N) is 1. The van der Waals surface area contributed by atoms with Gasteiger partial charge in [-0.1, -0.05) is 30.7 Å².